The van der Waals surface area contributed by atoms with E-state index in [2.05, 4.69) is 24.1 Å². The maximum atomic E-state index is 14.0. The van der Waals surface area contributed by atoms with Crippen LogP contribution in [0.15, 0.2) is 34.9 Å². The number of hydrogen-bond acceptors (Lipinski definition) is 4. The summed E-state index contributed by atoms with van der Waals surface area (Å²) >= 11 is 0. The highest BCUT2D eigenvalue weighted by Gasteiger charge is 2.48. The Morgan fingerprint density at radius 3 is 2.41 bits per heavy atom. The Kier molecular flexibility index (Phi) is 7.80. The summed E-state index contributed by atoms with van der Waals surface area (Å²) in [5.74, 6) is 2.03. The van der Waals surface area contributed by atoms with Crippen LogP contribution in [0.2, 0.25) is 0 Å². The average Bonchev–Trinajstić information content (AvgIpc) is 3.45. The van der Waals surface area contributed by atoms with Crippen LogP contribution < -0.4 is 5.32 Å². The summed E-state index contributed by atoms with van der Waals surface area (Å²) in [5.41, 5.74) is 0.517. The second-order valence-electron chi connectivity index (χ2n) is 12.1. The van der Waals surface area contributed by atoms with Gasteiger partial charge in [0.1, 0.15) is 17.0 Å². The number of nitrogens with one attached hydrogen (secondary N) is 1. The molecule has 2 aromatic heterocycles. The number of fused-ring (bicyclic) bond motifs is 1. The average molecular weight is 509 g/mol. The Morgan fingerprint density at radius 2 is 1.73 bits per heavy atom. The number of furan rings is 1. The molecule has 1 saturated heterocycles. The summed E-state index contributed by atoms with van der Waals surface area (Å²) in [5, 5.41) is 3.37. The van der Waals surface area contributed by atoms with E-state index in [1.165, 1.54) is 19.3 Å². The lowest BCUT2D eigenvalue weighted by Gasteiger charge is -2.45. The summed E-state index contributed by atoms with van der Waals surface area (Å²) in [4.78, 5) is 32.3. The first-order valence-corrected chi connectivity index (χ1v) is 14.4. The Morgan fingerprint density at radius 1 is 1.03 bits per heavy atom. The van der Waals surface area contributed by atoms with Gasteiger partial charge >= 0.3 is 0 Å². The molecule has 1 aliphatic carbocycles. The minimum absolute atomic E-state index is 0.0299. The second kappa shape index (κ2) is 11.1. The molecule has 0 bridgehead atoms. The van der Waals surface area contributed by atoms with Gasteiger partial charge in [0.15, 0.2) is 0 Å². The largest absolute Gasteiger partial charge is 0.463 e. The van der Waals surface area contributed by atoms with Crippen LogP contribution in [-0.2, 0) is 11.3 Å². The van der Waals surface area contributed by atoms with Gasteiger partial charge in [-0.1, -0.05) is 39.5 Å². The molecule has 3 atom stereocenters. The molecule has 1 N–H and O–H groups in total. The standard InChI is InChI=1S/C30H44N4O3/c1-22-18-23(2)20-32(19-22)15-9-16-34-28(35)26-14-13-25(27-12-8-17-37-27)33(26)21-30(34,3)29(36)31-24-10-6-4-5-7-11-24/h8,12-14,17,22-24H,4-7,9-11,15-16,18-21H2,1-3H3,(H,31,36)/t22-,23+,30-/m1/s1. The van der Waals surface area contributed by atoms with Crippen molar-refractivity contribution >= 4 is 11.8 Å². The summed E-state index contributed by atoms with van der Waals surface area (Å²) < 4.78 is 7.65. The molecule has 2 aromatic rings. The van der Waals surface area contributed by atoms with Gasteiger partial charge in [0.2, 0.25) is 5.91 Å². The molecule has 5 rings (SSSR count). The fourth-order valence-electron chi connectivity index (χ4n) is 6.95. The maximum absolute atomic E-state index is 14.0. The zero-order valence-electron chi connectivity index (χ0n) is 22.9. The predicted octanol–water partition coefficient (Wildman–Crippen LogP) is 5.17. The van der Waals surface area contributed by atoms with Crippen molar-refractivity contribution in [1.82, 2.24) is 19.7 Å². The van der Waals surface area contributed by atoms with E-state index in [1.54, 1.807) is 6.26 Å². The van der Waals surface area contributed by atoms with Gasteiger partial charge in [-0.25, -0.2) is 0 Å². The minimum atomic E-state index is -0.959. The first-order chi connectivity index (χ1) is 17.8. The highest BCUT2D eigenvalue weighted by molar-refractivity contribution is 6.00. The molecule has 7 heteroatoms. The van der Waals surface area contributed by atoms with Crippen molar-refractivity contribution in [1.29, 1.82) is 0 Å². The molecule has 2 amide bonds. The number of carbonyl (C=O) groups excluding carboxylic acids is 2. The molecular weight excluding hydrogens is 464 g/mol. The van der Waals surface area contributed by atoms with E-state index in [0.29, 0.717) is 36.4 Å². The van der Waals surface area contributed by atoms with E-state index >= 15 is 0 Å². The van der Waals surface area contributed by atoms with Gasteiger partial charge in [-0.2, -0.15) is 0 Å². The first kappa shape index (κ1) is 26.1. The van der Waals surface area contributed by atoms with Crippen LogP contribution in [0.3, 0.4) is 0 Å². The molecule has 3 aliphatic rings. The van der Waals surface area contributed by atoms with Gasteiger partial charge in [-0.05, 0) is 75.3 Å². The van der Waals surface area contributed by atoms with Gasteiger partial charge < -0.3 is 24.1 Å². The van der Waals surface area contributed by atoms with Gasteiger partial charge in [-0.3, -0.25) is 9.59 Å². The molecule has 0 aromatic carbocycles. The van der Waals surface area contributed by atoms with Crippen molar-refractivity contribution in [2.45, 2.75) is 90.3 Å². The Bertz CT molecular complexity index is 1060. The quantitative estimate of drug-likeness (QED) is 0.524. The van der Waals surface area contributed by atoms with E-state index in [0.717, 1.165) is 57.4 Å². The Hall–Kier alpha value is -2.54. The van der Waals surface area contributed by atoms with Crippen LogP contribution in [0.1, 0.15) is 82.6 Å². The molecule has 7 nitrogen and oxygen atoms in total. The molecular formula is C30H44N4O3. The van der Waals surface area contributed by atoms with E-state index in [-0.39, 0.29) is 17.9 Å². The summed E-state index contributed by atoms with van der Waals surface area (Å²) in [6, 6.07) is 7.77. The topological polar surface area (TPSA) is 70.7 Å². The van der Waals surface area contributed by atoms with Gasteiger partial charge in [0.05, 0.1) is 18.5 Å². The van der Waals surface area contributed by atoms with Gasteiger partial charge in [0.25, 0.3) is 5.91 Å². The SMILES string of the molecule is C[C@@H]1C[C@H](C)CN(CCCN2C(=O)c3ccc(-c4ccco4)n3C[C@]2(C)C(=O)NC2CCCCCC2)C1. The highest BCUT2D eigenvalue weighted by Crippen LogP contribution is 2.34. The van der Waals surface area contributed by atoms with Gasteiger partial charge in [-0.15, -0.1) is 0 Å². The van der Waals surface area contributed by atoms with Crippen LogP contribution in [0.4, 0.5) is 0 Å². The van der Waals surface area contributed by atoms with Crippen LogP contribution in [0.25, 0.3) is 11.5 Å². The van der Waals surface area contributed by atoms with E-state index < -0.39 is 5.54 Å². The normalized spacial score (nSPS) is 27.6. The lowest BCUT2D eigenvalue weighted by molar-refractivity contribution is -0.133. The summed E-state index contributed by atoms with van der Waals surface area (Å²) in [6.45, 7) is 10.8. The zero-order valence-corrected chi connectivity index (χ0v) is 22.9. The molecule has 37 heavy (non-hydrogen) atoms. The third-order valence-electron chi connectivity index (χ3n) is 8.76. The summed E-state index contributed by atoms with van der Waals surface area (Å²) in [7, 11) is 0. The maximum Gasteiger partial charge on any atom is 0.271 e. The molecule has 0 radical (unpaired) electrons. The molecule has 2 fully saturated rings. The van der Waals surface area contributed by atoms with Crippen molar-refractivity contribution in [2.75, 3.05) is 26.2 Å². The van der Waals surface area contributed by atoms with Crippen molar-refractivity contribution in [3.05, 3.63) is 36.2 Å². The van der Waals surface area contributed by atoms with Crippen LogP contribution >= 0.6 is 0 Å². The second-order valence-corrected chi connectivity index (χ2v) is 12.1. The third-order valence-corrected chi connectivity index (χ3v) is 8.76. The lowest BCUT2D eigenvalue weighted by Crippen LogP contribution is -2.65. The highest BCUT2D eigenvalue weighted by atomic mass is 16.3. The van der Waals surface area contributed by atoms with Crippen LogP contribution in [-0.4, -0.2) is 63.9 Å². The number of nitrogens with zero attached hydrogens (tertiary/aromatic N) is 3. The Labute approximate surface area is 221 Å². The first-order valence-electron chi connectivity index (χ1n) is 14.4. The van der Waals surface area contributed by atoms with Crippen LogP contribution in [0.5, 0.6) is 0 Å². The summed E-state index contributed by atoms with van der Waals surface area (Å²) in [6.07, 6.45) is 10.6. The van der Waals surface area contributed by atoms with Crippen molar-refractivity contribution < 1.29 is 14.0 Å². The lowest BCUT2D eigenvalue weighted by atomic mass is 9.91. The molecule has 2 aliphatic heterocycles. The van der Waals surface area contributed by atoms with Crippen molar-refractivity contribution in [3.8, 4) is 11.5 Å². The molecule has 0 unspecified atom stereocenters. The fraction of sp³-hybridized carbons (Fsp3) is 0.667. The number of rotatable bonds is 7. The molecule has 4 heterocycles. The van der Waals surface area contributed by atoms with E-state index in [1.807, 2.05) is 40.7 Å². The number of piperidine rings is 1. The molecule has 0 spiro atoms. The van der Waals surface area contributed by atoms with E-state index in [4.69, 9.17) is 4.42 Å². The zero-order chi connectivity index (χ0) is 26.0. The molecule has 1 saturated carbocycles. The van der Waals surface area contributed by atoms with Crippen molar-refractivity contribution in [2.24, 2.45) is 11.8 Å². The number of carbonyl (C=O) groups is 2. The molecule has 202 valence electrons. The predicted molar refractivity (Wildman–Crippen MR) is 145 cm³/mol. The number of likely N-dealkylation sites (tertiary alicyclic amines) is 1. The number of aromatic nitrogens is 1. The number of hydrogen-bond donors (Lipinski definition) is 1. The minimum Gasteiger partial charge on any atom is -0.463 e. The van der Waals surface area contributed by atoms with Crippen LogP contribution in [0, 0.1) is 11.8 Å². The monoisotopic (exact) mass is 508 g/mol. The fourth-order valence-corrected chi connectivity index (χ4v) is 6.95. The van der Waals surface area contributed by atoms with E-state index in [9.17, 15) is 9.59 Å². The van der Waals surface area contributed by atoms with Gasteiger partial charge in [0, 0.05) is 25.7 Å². The van der Waals surface area contributed by atoms with Crippen molar-refractivity contribution in [3.63, 3.8) is 0 Å². The number of amides is 2. The third kappa shape index (κ3) is 5.52. The Balaban J connectivity index is 1.38. The smallest absolute Gasteiger partial charge is 0.271 e.